The Morgan fingerprint density at radius 3 is 2.69 bits per heavy atom. The highest BCUT2D eigenvalue weighted by atomic mass is 127. The molecule has 1 atom stereocenters. The third-order valence-electron chi connectivity index (χ3n) is 1.49. The Morgan fingerprint density at radius 2 is 2.15 bits per heavy atom. The van der Waals surface area contributed by atoms with Gasteiger partial charge in [0.1, 0.15) is 5.38 Å². The van der Waals surface area contributed by atoms with Crippen molar-refractivity contribution >= 4 is 45.8 Å². The normalized spacial score (nSPS) is 12.2. The van der Waals surface area contributed by atoms with Crippen LogP contribution in [0.25, 0.3) is 0 Å². The Kier molecular flexibility index (Phi) is 3.99. The van der Waals surface area contributed by atoms with E-state index < -0.39 is 5.38 Å². The summed E-state index contributed by atoms with van der Waals surface area (Å²) < 4.78 is 1.01. The van der Waals surface area contributed by atoms with Gasteiger partial charge in [0.2, 0.25) is 5.91 Å². The van der Waals surface area contributed by atoms with E-state index in [0.29, 0.717) is 0 Å². The van der Waals surface area contributed by atoms with E-state index >= 15 is 0 Å². The summed E-state index contributed by atoms with van der Waals surface area (Å²) in [5.74, 6) is -0.175. The van der Waals surface area contributed by atoms with Crippen molar-refractivity contribution in [1.29, 1.82) is 0 Å². The Labute approximate surface area is 95.8 Å². The number of anilines is 1. The summed E-state index contributed by atoms with van der Waals surface area (Å²) in [4.78, 5) is 11.2. The molecule has 1 amide bonds. The van der Waals surface area contributed by atoms with Gasteiger partial charge >= 0.3 is 0 Å². The lowest BCUT2D eigenvalue weighted by Crippen LogP contribution is -2.20. The lowest BCUT2D eigenvalue weighted by molar-refractivity contribution is -0.115. The zero-order chi connectivity index (χ0) is 9.84. The van der Waals surface area contributed by atoms with Crippen LogP contribution in [0.15, 0.2) is 24.3 Å². The van der Waals surface area contributed by atoms with Gasteiger partial charge in [-0.05, 0) is 41.6 Å². The molecule has 1 aromatic carbocycles. The molecule has 0 fully saturated rings. The van der Waals surface area contributed by atoms with E-state index in [-0.39, 0.29) is 5.91 Å². The van der Waals surface area contributed by atoms with Gasteiger partial charge in [-0.2, -0.15) is 0 Å². The summed E-state index contributed by atoms with van der Waals surface area (Å²) in [7, 11) is 0. The monoisotopic (exact) mass is 309 g/mol. The number of nitrogens with one attached hydrogen (secondary N) is 1. The number of halogens is 2. The third kappa shape index (κ3) is 3.15. The highest BCUT2D eigenvalue weighted by molar-refractivity contribution is 14.1. The quantitative estimate of drug-likeness (QED) is 0.660. The number of carbonyl (C=O) groups is 1. The van der Waals surface area contributed by atoms with Gasteiger partial charge in [-0.1, -0.05) is 12.1 Å². The minimum absolute atomic E-state index is 0.175. The topological polar surface area (TPSA) is 29.1 Å². The first-order valence-corrected chi connectivity index (χ1v) is 5.32. The molecule has 4 heteroatoms. The predicted molar refractivity (Wildman–Crippen MR) is 63.1 cm³/mol. The summed E-state index contributed by atoms with van der Waals surface area (Å²) in [5, 5.41) is 2.23. The second kappa shape index (κ2) is 4.81. The van der Waals surface area contributed by atoms with Crippen LogP contribution in [-0.4, -0.2) is 11.3 Å². The van der Waals surface area contributed by atoms with Crippen molar-refractivity contribution in [1.82, 2.24) is 0 Å². The maximum Gasteiger partial charge on any atom is 0.242 e. The summed E-state index contributed by atoms with van der Waals surface area (Å²) in [6, 6.07) is 7.56. The highest BCUT2D eigenvalue weighted by Crippen LogP contribution is 2.17. The molecule has 70 valence electrons. The van der Waals surface area contributed by atoms with Crippen LogP contribution >= 0.6 is 34.2 Å². The van der Waals surface area contributed by atoms with E-state index in [2.05, 4.69) is 27.9 Å². The first-order valence-electron chi connectivity index (χ1n) is 3.80. The molecular weight excluding hydrogens is 300 g/mol. The van der Waals surface area contributed by atoms with E-state index in [9.17, 15) is 4.79 Å². The molecule has 13 heavy (non-hydrogen) atoms. The standard InChI is InChI=1S/C9H9ClINO/c1-6(10)9(13)12-8-5-3-2-4-7(8)11/h2-6H,1H3,(H,12,13). The molecule has 0 saturated heterocycles. The molecule has 0 heterocycles. The molecule has 0 aliphatic heterocycles. The first-order chi connectivity index (χ1) is 6.11. The van der Waals surface area contributed by atoms with Gasteiger partial charge in [-0.3, -0.25) is 4.79 Å². The minimum Gasteiger partial charge on any atom is -0.324 e. The van der Waals surface area contributed by atoms with Crippen molar-refractivity contribution in [2.45, 2.75) is 12.3 Å². The SMILES string of the molecule is CC(Cl)C(=O)Nc1ccccc1I. The van der Waals surface area contributed by atoms with Crippen LogP contribution < -0.4 is 5.32 Å². The fraction of sp³-hybridized carbons (Fsp3) is 0.222. The van der Waals surface area contributed by atoms with Crippen LogP contribution in [0.2, 0.25) is 0 Å². The van der Waals surface area contributed by atoms with Gasteiger partial charge in [0, 0.05) is 3.57 Å². The smallest absolute Gasteiger partial charge is 0.242 e. The van der Waals surface area contributed by atoms with Gasteiger partial charge in [-0.15, -0.1) is 11.6 Å². The van der Waals surface area contributed by atoms with Gasteiger partial charge in [-0.25, -0.2) is 0 Å². The molecular formula is C9H9ClINO. The fourth-order valence-corrected chi connectivity index (χ4v) is 1.37. The first kappa shape index (κ1) is 10.8. The Hall–Kier alpha value is -0.290. The van der Waals surface area contributed by atoms with E-state index in [1.807, 2.05) is 24.3 Å². The lowest BCUT2D eigenvalue weighted by atomic mass is 10.3. The van der Waals surface area contributed by atoms with Crippen LogP contribution in [0.1, 0.15) is 6.92 Å². The number of rotatable bonds is 2. The number of carbonyl (C=O) groups excluding carboxylic acids is 1. The maximum absolute atomic E-state index is 11.2. The lowest BCUT2D eigenvalue weighted by Gasteiger charge is -2.07. The number of benzene rings is 1. The highest BCUT2D eigenvalue weighted by Gasteiger charge is 2.09. The minimum atomic E-state index is -0.504. The molecule has 0 bridgehead atoms. The number of para-hydroxylation sites is 1. The number of amides is 1. The van der Waals surface area contributed by atoms with Crippen LogP contribution in [-0.2, 0) is 4.79 Å². The second-order valence-electron chi connectivity index (χ2n) is 2.59. The fourth-order valence-electron chi connectivity index (χ4n) is 0.795. The van der Waals surface area contributed by atoms with E-state index in [1.54, 1.807) is 6.92 Å². The number of alkyl halides is 1. The average Bonchev–Trinajstić information content (AvgIpc) is 2.08. The molecule has 1 aromatic rings. The Balaban J connectivity index is 2.75. The zero-order valence-corrected chi connectivity index (χ0v) is 9.96. The van der Waals surface area contributed by atoms with Crippen molar-refractivity contribution in [2.75, 3.05) is 5.32 Å². The average molecular weight is 310 g/mol. The molecule has 1 rings (SSSR count). The van der Waals surface area contributed by atoms with Crippen LogP contribution in [0.5, 0.6) is 0 Å². The van der Waals surface area contributed by atoms with Crippen molar-refractivity contribution in [2.24, 2.45) is 0 Å². The van der Waals surface area contributed by atoms with E-state index in [4.69, 9.17) is 11.6 Å². The van der Waals surface area contributed by atoms with Crippen molar-refractivity contribution in [3.8, 4) is 0 Å². The second-order valence-corrected chi connectivity index (χ2v) is 4.40. The molecule has 0 aromatic heterocycles. The number of hydrogen-bond donors (Lipinski definition) is 1. The Morgan fingerprint density at radius 1 is 1.54 bits per heavy atom. The van der Waals surface area contributed by atoms with Gasteiger partial charge in [0.05, 0.1) is 5.69 Å². The van der Waals surface area contributed by atoms with Crippen LogP contribution in [0.3, 0.4) is 0 Å². The summed E-state index contributed by atoms with van der Waals surface area (Å²) >= 11 is 7.78. The predicted octanol–water partition coefficient (Wildman–Crippen LogP) is 2.86. The van der Waals surface area contributed by atoms with E-state index in [1.165, 1.54) is 0 Å². The molecule has 2 nitrogen and oxygen atoms in total. The Bertz CT molecular complexity index is 314. The summed E-state index contributed by atoms with van der Waals surface area (Å²) in [6.07, 6.45) is 0. The van der Waals surface area contributed by atoms with Gasteiger partial charge in [0.15, 0.2) is 0 Å². The molecule has 0 saturated carbocycles. The van der Waals surface area contributed by atoms with E-state index in [0.717, 1.165) is 9.26 Å². The van der Waals surface area contributed by atoms with Crippen molar-refractivity contribution in [3.63, 3.8) is 0 Å². The van der Waals surface area contributed by atoms with Gasteiger partial charge < -0.3 is 5.32 Å². The molecule has 1 N–H and O–H groups in total. The van der Waals surface area contributed by atoms with Gasteiger partial charge in [0.25, 0.3) is 0 Å². The zero-order valence-electron chi connectivity index (χ0n) is 7.05. The van der Waals surface area contributed by atoms with Crippen molar-refractivity contribution < 1.29 is 4.79 Å². The molecule has 0 aliphatic rings. The largest absolute Gasteiger partial charge is 0.324 e. The maximum atomic E-state index is 11.2. The molecule has 0 spiro atoms. The van der Waals surface area contributed by atoms with Crippen molar-refractivity contribution in [3.05, 3.63) is 27.8 Å². The summed E-state index contributed by atoms with van der Waals surface area (Å²) in [6.45, 7) is 1.65. The van der Waals surface area contributed by atoms with Crippen LogP contribution in [0, 0.1) is 3.57 Å². The van der Waals surface area contributed by atoms with Crippen LogP contribution in [0.4, 0.5) is 5.69 Å². The third-order valence-corrected chi connectivity index (χ3v) is 2.63. The molecule has 0 aliphatic carbocycles. The summed E-state index contributed by atoms with van der Waals surface area (Å²) in [5.41, 5.74) is 0.806. The molecule has 1 unspecified atom stereocenters. The number of hydrogen-bond acceptors (Lipinski definition) is 1. The molecule has 0 radical (unpaired) electrons.